The molecule has 5 nitrogen and oxygen atoms in total. The molecule has 1 aromatic heterocycles. The van der Waals surface area contributed by atoms with Gasteiger partial charge in [-0.1, -0.05) is 26.7 Å². The number of hydrogen-bond acceptors (Lipinski definition) is 3. The summed E-state index contributed by atoms with van der Waals surface area (Å²) >= 11 is 0. The maximum absolute atomic E-state index is 4.49. The number of pyridine rings is 1. The monoisotopic (exact) mass is 459 g/mol. The molecule has 6 heteroatoms. The summed E-state index contributed by atoms with van der Waals surface area (Å²) in [6, 6.07) is 4.18. The summed E-state index contributed by atoms with van der Waals surface area (Å²) in [5, 5.41) is 3.52. The zero-order chi connectivity index (χ0) is 17.5. The summed E-state index contributed by atoms with van der Waals surface area (Å²) in [6.45, 7) is 7.65. The minimum Gasteiger partial charge on any atom is -0.363 e. The van der Waals surface area contributed by atoms with Gasteiger partial charge in [0.1, 0.15) is 5.82 Å². The van der Waals surface area contributed by atoms with Gasteiger partial charge >= 0.3 is 0 Å². The second-order valence-electron chi connectivity index (χ2n) is 6.89. The molecule has 0 aromatic carbocycles. The molecule has 1 aliphatic heterocycles. The minimum atomic E-state index is 0. The van der Waals surface area contributed by atoms with Gasteiger partial charge in [-0.05, 0) is 36.0 Å². The largest absolute Gasteiger partial charge is 0.363 e. The van der Waals surface area contributed by atoms with Crippen molar-refractivity contribution in [2.24, 2.45) is 16.8 Å². The number of aliphatic imine (C=N–C) groups is 1. The SMILES string of the molecule is CCC(CC)C1CCN(C(=NC)NCc2ccnc(N(C)C)c2)C1.I. The fourth-order valence-electron chi connectivity index (χ4n) is 3.65. The second-order valence-corrected chi connectivity index (χ2v) is 6.89. The van der Waals surface area contributed by atoms with Gasteiger partial charge in [0.05, 0.1) is 0 Å². The standard InChI is InChI=1S/C19H33N5.HI/c1-6-16(7-2)17-9-11-24(14-17)19(20-3)22-13-15-8-10-21-18(12-15)23(4)5;/h8,10,12,16-17H,6-7,9,11,13-14H2,1-5H3,(H,20,22);1H. The number of nitrogens with one attached hydrogen (secondary N) is 1. The summed E-state index contributed by atoms with van der Waals surface area (Å²) < 4.78 is 0. The highest BCUT2D eigenvalue weighted by atomic mass is 127. The molecule has 0 bridgehead atoms. The van der Waals surface area contributed by atoms with Crippen molar-refractivity contribution in [1.82, 2.24) is 15.2 Å². The maximum atomic E-state index is 4.49. The molecule has 1 N–H and O–H groups in total. The normalized spacial score (nSPS) is 17.6. The van der Waals surface area contributed by atoms with E-state index in [1.807, 2.05) is 32.2 Å². The molecule has 142 valence electrons. The molecule has 0 saturated carbocycles. The van der Waals surface area contributed by atoms with E-state index < -0.39 is 0 Å². The number of rotatable bonds is 6. The van der Waals surface area contributed by atoms with E-state index in [1.54, 1.807) is 0 Å². The summed E-state index contributed by atoms with van der Waals surface area (Å²) in [6.07, 6.45) is 5.72. The van der Waals surface area contributed by atoms with Gasteiger partial charge in [-0.3, -0.25) is 4.99 Å². The zero-order valence-corrected chi connectivity index (χ0v) is 18.7. The molecule has 1 aliphatic rings. The van der Waals surface area contributed by atoms with Crippen LogP contribution in [0.3, 0.4) is 0 Å². The van der Waals surface area contributed by atoms with Crippen molar-refractivity contribution in [2.75, 3.05) is 39.1 Å². The Bertz CT molecular complexity index is 542. The fraction of sp³-hybridized carbons (Fsp3) is 0.684. The molecule has 1 atom stereocenters. The average molecular weight is 459 g/mol. The van der Waals surface area contributed by atoms with Gasteiger partial charge in [0.25, 0.3) is 0 Å². The number of likely N-dealkylation sites (tertiary alicyclic amines) is 1. The molecule has 1 fully saturated rings. The van der Waals surface area contributed by atoms with E-state index in [9.17, 15) is 0 Å². The van der Waals surface area contributed by atoms with Crippen LogP contribution in [0.1, 0.15) is 38.7 Å². The lowest BCUT2D eigenvalue weighted by molar-refractivity contribution is 0.319. The lowest BCUT2D eigenvalue weighted by Gasteiger charge is -2.24. The Labute approximate surface area is 170 Å². The van der Waals surface area contributed by atoms with Crippen LogP contribution in [-0.2, 0) is 6.54 Å². The first kappa shape index (κ1) is 22.0. The Morgan fingerprint density at radius 3 is 2.72 bits per heavy atom. The third kappa shape index (κ3) is 6.01. The van der Waals surface area contributed by atoms with E-state index in [4.69, 9.17) is 0 Å². The van der Waals surface area contributed by atoms with Crippen LogP contribution in [0.5, 0.6) is 0 Å². The Morgan fingerprint density at radius 1 is 1.40 bits per heavy atom. The molecule has 0 amide bonds. The number of anilines is 1. The molecule has 2 heterocycles. The predicted octanol–water partition coefficient (Wildman–Crippen LogP) is 3.60. The van der Waals surface area contributed by atoms with Crippen molar-refractivity contribution in [2.45, 2.75) is 39.7 Å². The second kappa shape index (κ2) is 10.8. The maximum Gasteiger partial charge on any atom is 0.193 e. The van der Waals surface area contributed by atoms with E-state index in [2.05, 4.69) is 46.2 Å². The molecule has 0 radical (unpaired) electrons. The molecule has 1 saturated heterocycles. The minimum absolute atomic E-state index is 0. The van der Waals surface area contributed by atoms with Crippen LogP contribution in [0, 0.1) is 11.8 Å². The lowest BCUT2D eigenvalue weighted by atomic mass is 9.87. The lowest BCUT2D eigenvalue weighted by Crippen LogP contribution is -2.40. The van der Waals surface area contributed by atoms with Crippen LogP contribution in [-0.4, -0.2) is 50.1 Å². The molecular formula is C19H34IN5. The van der Waals surface area contributed by atoms with E-state index >= 15 is 0 Å². The van der Waals surface area contributed by atoms with E-state index in [0.29, 0.717) is 0 Å². The van der Waals surface area contributed by atoms with Gasteiger partial charge in [0.15, 0.2) is 5.96 Å². The van der Waals surface area contributed by atoms with E-state index in [1.165, 1.54) is 24.8 Å². The van der Waals surface area contributed by atoms with Gasteiger partial charge < -0.3 is 15.1 Å². The molecule has 25 heavy (non-hydrogen) atoms. The topological polar surface area (TPSA) is 43.8 Å². The Kier molecular flexibility index (Phi) is 9.53. The van der Waals surface area contributed by atoms with Crippen molar-refractivity contribution in [3.63, 3.8) is 0 Å². The highest BCUT2D eigenvalue weighted by molar-refractivity contribution is 14.0. The molecule has 0 spiro atoms. The van der Waals surface area contributed by atoms with Crippen LogP contribution < -0.4 is 10.2 Å². The highest BCUT2D eigenvalue weighted by Gasteiger charge is 2.29. The summed E-state index contributed by atoms with van der Waals surface area (Å²) in [5.74, 6) is 3.65. The van der Waals surface area contributed by atoms with Crippen LogP contribution in [0.15, 0.2) is 23.3 Å². The number of nitrogens with zero attached hydrogens (tertiary/aromatic N) is 4. The molecular weight excluding hydrogens is 425 g/mol. The zero-order valence-electron chi connectivity index (χ0n) is 16.3. The van der Waals surface area contributed by atoms with Crippen LogP contribution in [0.2, 0.25) is 0 Å². The Hall–Kier alpha value is -1.05. The van der Waals surface area contributed by atoms with Crippen molar-refractivity contribution in [3.8, 4) is 0 Å². The van der Waals surface area contributed by atoms with E-state index in [-0.39, 0.29) is 24.0 Å². The number of aromatic nitrogens is 1. The average Bonchev–Trinajstić information content (AvgIpc) is 3.06. The van der Waals surface area contributed by atoms with Crippen molar-refractivity contribution in [1.29, 1.82) is 0 Å². The smallest absolute Gasteiger partial charge is 0.193 e. The van der Waals surface area contributed by atoms with Gasteiger partial charge in [-0.25, -0.2) is 4.98 Å². The number of hydrogen-bond donors (Lipinski definition) is 1. The van der Waals surface area contributed by atoms with Crippen molar-refractivity contribution >= 4 is 35.8 Å². The molecule has 2 rings (SSSR count). The van der Waals surface area contributed by atoms with Crippen molar-refractivity contribution in [3.05, 3.63) is 23.9 Å². The van der Waals surface area contributed by atoms with Crippen LogP contribution in [0.4, 0.5) is 5.82 Å². The Balaban J connectivity index is 0.00000312. The summed E-state index contributed by atoms with van der Waals surface area (Å²) in [7, 11) is 5.91. The first-order valence-electron chi connectivity index (χ1n) is 9.16. The first-order chi connectivity index (χ1) is 11.6. The third-order valence-corrected chi connectivity index (χ3v) is 5.17. The number of halogens is 1. The van der Waals surface area contributed by atoms with Crippen molar-refractivity contribution < 1.29 is 0 Å². The fourth-order valence-corrected chi connectivity index (χ4v) is 3.65. The van der Waals surface area contributed by atoms with Crippen LogP contribution >= 0.6 is 24.0 Å². The molecule has 1 aromatic rings. The van der Waals surface area contributed by atoms with Gasteiger partial charge in [-0.15, -0.1) is 24.0 Å². The predicted molar refractivity (Wildman–Crippen MR) is 118 cm³/mol. The first-order valence-corrected chi connectivity index (χ1v) is 9.16. The van der Waals surface area contributed by atoms with Gasteiger partial charge in [-0.2, -0.15) is 0 Å². The quantitative estimate of drug-likeness (QED) is 0.401. The number of guanidine groups is 1. The molecule has 0 aliphatic carbocycles. The highest BCUT2D eigenvalue weighted by Crippen LogP contribution is 2.28. The third-order valence-electron chi connectivity index (χ3n) is 5.17. The van der Waals surface area contributed by atoms with Gasteiger partial charge in [0, 0.05) is 47.0 Å². The Morgan fingerprint density at radius 2 is 2.12 bits per heavy atom. The summed E-state index contributed by atoms with van der Waals surface area (Å²) in [5.41, 5.74) is 1.23. The van der Waals surface area contributed by atoms with Gasteiger partial charge in [0.2, 0.25) is 0 Å². The van der Waals surface area contributed by atoms with E-state index in [0.717, 1.165) is 43.2 Å². The molecule has 1 unspecified atom stereocenters. The van der Waals surface area contributed by atoms with Crippen LogP contribution in [0.25, 0.3) is 0 Å². The summed E-state index contributed by atoms with van der Waals surface area (Å²) in [4.78, 5) is 13.3.